The van der Waals surface area contributed by atoms with Crippen LogP contribution in [-0.4, -0.2) is 10.8 Å². The maximum atomic E-state index is 13.0. The third kappa shape index (κ3) is 3.20. The van der Waals surface area contributed by atoms with Crippen molar-refractivity contribution in [1.82, 2.24) is 4.98 Å². The molecular formula is C19H12F3NO. The molecule has 0 bridgehead atoms. The molecule has 0 unspecified atom stereocenters. The number of pyridine rings is 1. The molecule has 0 N–H and O–H groups in total. The molecule has 0 aliphatic rings. The molecule has 3 rings (SSSR count). The number of alkyl halides is 3. The van der Waals surface area contributed by atoms with Crippen LogP contribution in [0.2, 0.25) is 0 Å². The number of carbonyl (C=O) groups excluding carboxylic acids is 1. The average molecular weight is 327 g/mol. The predicted octanol–water partition coefficient (Wildman–Crippen LogP) is 5.00. The second-order valence-electron chi connectivity index (χ2n) is 5.15. The third-order valence-electron chi connectivity index (χ3n) is 3.51. The van der Waals surface area contributed by atoms with E-state index in [-0.39, 0.29) is 17.0 Å². The van der Waals surface area contributed by atoms with Crippen molar-refractivity contribution in [2.75, 3.05) is 0 Å². The van der Waals surface area contributed by atoms with E-state index in [1.165, 1.54) is 6.07 Å². The molecule has 0 aliphatic heterocycles. The number of carbonyl (C=O) groups is 1. The van der Waals surface area contributed by atoms with Gasteiger partial charge in [-0.1, -0.05) is 60.7 Å². The van der Waals surface area contributed by atoms with Gasteiger partial charge in [-0.3, -0.25) is 4.79 Å². The highest BCUT2D eigenvalue weighted by atomic mass is 19.4. The first-order valence-electron chi connectivity index (χ1n) is 7.20. The maximum Gasteiger partial charge on any atom is 0.433 e. The Morgan fingerprint density at radius 2 is 1.38 bits per heavy atom. The topological polar surface area (TPSA) is 30.0 Å². The highest BCUT2D eigenvalue weighted by molar-refractivity contribution is 6.12. The van der Waals surface area contributed by atoms with E-state index in [1.54, 1.807) is 60.7 Å². The predicted molar refractivity (Wildman–Crippen MR) is 84.5 cm³/mol. The quantitative estimate of drug-likeness (QED) is 0.634. The van der Waals surface area contributed by atoms with Gasteiger partial charge in [0.25, 0.3) is 0 Å². The Balaban J connectivity index is 2.17. The smallest absolute Gasteiger partial charge is 0.289 e. The molecular weight excluding hydrogens is 315 g/mol. The lowest BCUT2D eigenvalue weighted by Crippen LogP contribution is -2.12. The molecule has 1 heterocycles. The van der Waals surface area contributed by atoms with E-state index in [0.29, 0.717) is 11.1 Å². The van der Waals surface area contributed by atoms with Gasteiger partial charge in [0, 0.05) is 16.7 Å². The first kappa shape index (κ1) is 15.9. The molecule has 2 aromatic carbocycles. The molecule has 2 nitrogen and oxygen atoms in total. The highest BCUT2D eigenvalue weighted by Crippen LogP contribution is 2.32. The van der Waals surface area contributed by atoms with Crippen molar-refractivity contribution in [3.8, 4) is 11.3 Å². The van der Waals surface area contributed by atoms with Crippen LogP contribution in [0.3, 0.4) is 0 Å². The molecule has 0 radical (unpaired) electrons. The number of hydrogen-bond acceptors (Lipinski definition) is 2. The van der Waals surface area contributed by atoms with Gasteiger partial charge in [-0.2, -0.15) is 13.2 Å². The van der Waals surface area contributed by atoms with Gasteiger partial charge in [0.05, 0.1) is 5.69 Å². The zero-order valence-corrected chi connectivity index (χ0v) is 12.4. The van der Waals surface area contributed by atoms with E-state index in [9.17, 15) is 18.0 Å². The molecule has 0 saturated carbocycles. The van der Waals surface area contributed by atoms with Crippen LogP contribution < -0.4 is 0 Å². The third-order valence-corrected chi connectivity index (χ3v) is 3.51. The lowest BCUT2D eigenvalue weighted by Gasteiger charge is -2.12. The van der Waals surface area contributed by atoms with Gasteiger partial charge in [-0.25, -0.2) is 4.98 Å². The maximum absolute atomic E-state index is 13.0. The van der Waals surface area contributed by atoms with Crippen LogP contribution in [0.5, 0.6) is 0 Å². The van der Waals surface area contributed by atoms with Gasteiger partial charge in [0.2, 0.25) is 0 Å². The normalized spacial score (nSPS) is 11.3. The fourth-order valence-corrected chi connectivity index (χ4v) is 2.36. The lowest BCUT2D eigenvalue weighted by molar-refractivity contribution is -0.141. The minimum Gasteiger partial charge on any atom is -0.289 e. The van der Waals surface area contributed by atoms with Gasteiger partial charge in [0.15, 0.2) is 5.78 Å². The molecule has 0 spiro atoms. The van der Waals surface area contributed by atoms with E-state index < -0.39 is 11.9 Å². The lowest BCUT2D eigenvalue weighted by atomic mass is 9.97. The number of rotatable bonds is 3. The van der Waals surface area contributed by atoms with E-state index in [1.807, 2.05) is 0 Å². The molecule has 5 heteroatoms. The van der Waals surface area contributed by atoms with Crippen LogP contribution in [0.15, 0.2) is 72.8 Å². The summed E-state index contributed by atoms with van der Waals surface area (Å²) in [4.78, 5) is 16.4. The second-order valence-corrected chi connectivity index (χ2v) is 5.15. The van der Waals surface area contributed by atoms with E-state index in [0.717, 1.165) is 6.07 Å². The van der Waals surface area contributed by atoms with Gasteiger partial charge >= 0.3 is 6.18 Å². The number of halogens is 3. The fourth-order valence-electron chi connectivity index (χ4n) is 2.36. The van der Waals surface area contributed by atoms with Crippen molar-refractivity contribution in [3.05, 3.63) is 89.6 Å². The molecule has 0 fully saturated rings. The second kappa shape index (κ2) is 6.28. The Morgan fingerprint density at radius 1 is 0.792 bits per heavy atom. The summed E-state index contributed by atoms with van der Waals surface area (Å²) in [6.45, 7) is 0. The largest absolute Gasteiger partial charge is 0.433 e. The molecule has 120 valence electrons. The molecule has 3 aromatic rings. The zero-order valence-electron chi connectivity index (χ0n) is 12.4. The Morgan fingerprint density at radius 3 is 1.96 bits per heavy atom. The Hall–Kier alpha value is -2.95. The SMILES string of the molecule is O=C(c1ccccc1)c1ccc(C(F)(F)F)nc1-c1ccccc1. The first-order valence-corrected chi connectivity index (χ1v) is 7.20. The molecule has 1 aromatic heterocycles. The van der Waals surface area contributed by atoms with Crippen molar-refractivity contribution in [2.24, 2.45) is 0 Å². The molecule has 24 heavy (non-hydrogen) atoms. The highest BCUT2D eigenvalue weighted by Gasteiger charge is 2.33. The van der Waals surface area contributed by atoms with Crippen LogP contribution in [0, 0.1) is 0 Å². The molecule has 0 atom stereocenters. The van der Waals surface area contributed by atoms with Crippen molar-refractivity contribution in [3.63, 3.8) is 0 Å². The summed E-state index contributed by atoms with van der Waals surface area (Å²) < 4.78 is 39.0. The van der Waals surface area contributed by atoms with Gasteiger partial charge in [-0.15, -0.1) is 0 Å². The monoisotopic (exact) mass is 327 g/mol. The Kier molecular flexibility index (Phi) is 4.16. The van der Waals surface area contributed by atoms with Crippen LogP contribution in [0.4, 0.5) is 13.2 Å². The van der Waals surface area contributed by atoms with E-state index in [4.69, 9.17) is 0 Å². The molecule has 0 amide bonds. The van der Waals surface area contributed by atoms with Crippen molar-refractivity contribution < 1.29 is 18.0 Å². The molecule has 0 aliphatic carbocycles. The molecule has 0 saturated heterocycles. The first-order chi connectivity index (χ1) is 11.5. The number of nitrogens with zero attached hydrogens (tertiary/aromatic N) is 1. The van der Waals surface area contributed by atoms with Crippen molar-refractivity contribution in [1.29, 1.82) is 0 Å². The van der Waals surface area contributed by atoms with Gasteiger partial charge in [0.1, 0.15) is 5.69 Å². The summed E-state index contributed by atoms with van der Waals surface area (Å²) in [7, 11) is 0. The van der Waals surface area contributed by atoms with Crippen LogP contribution in [-0.2, 0) is 6.18 Å². The van der Waals surface area contributed by atoms with Gasteiger partial charge < -0.3 is 0 Å². The number of ketones is 1. The zero-order chi connectivity index (χ0) is 17.2. The van der Waals surface area contributed by atoms with Crippen molar-refractivity contribution >= 4 is 5.78 Å². The minimum atomic E-state index is -4.57. The van der Waals surface area contributed by atoms with E-state index >= 15 is 0 Å². The summed E-state index contributed by atoms with van der Waals surface area (Å²) in [5.74, 6) is -0.365. The van der Waals surface area contributed by atoms with Gasteiger partial charge in [-0.05, 0) is 12.1 Å². The van der Waals surface area contributed by atoms with Crippen molar-refractivity contribution in [2.45, 2.75) is 6.18 Å². The fraction of sp³-hybridized carbons (Fsp3) is 0.0526. The van der Waals surface area contributed by atoms with E-state index in [2.05, 4.69) is 4.98 Å². The Bertz CT molecular complexity index is 859. The number of aromatic nitrogens is 1. The number of hydrogen-bond donors (Lipinski definition) is 0. The average Bonchev–Trinajstić information content (AvgIpc) is 2.61. The summed E-state index contributed by atoms with van der Waals surface area (Å²) in [5.41, 5.74) is 0.00441. The summed E-state index contributed by atoms with van der Waals surface area (Å²) in [5, 5.41) is 0. The standard InChI is InChI=1S/C19H12F3NO/c20-19(21,22)16-12-11-15(18(24)14-9-5-2-6-10-14)17(23-16)13-7-3-1-4-8-13/h1-12H. The number of benzene rings is 2. The Labute approximate surface area is 136 Å². The summed E-state index contributed by atoms with van der Waals surface area (Å²) in [6.07, 6.45) is -4.57. The van der Waals surface area contributed by atoms with Crippen LogP contribution in [0.25, 0.3) is 11.3 Å². The summed E-state index contributed by atoms with van der Waals surface area (Å²) >= 11 is 0. The van der Waals surface area contributed by atoms with Crippen LogP contribution >= 0.6 is 0 Å². The minimum absolute atomic E-state index is 0.0271. The summed E-state index contributed by atoms with van der Waals surface area (Å²) in [6, 6.07) is 18.8. The van der Waals surface area contributed by atoms with Crippen LogP contribution in [0.1, 0.15) is 21.6 Å².